The Kier molecular flexibility index (Phi) is 4.93. The van der Waals surface area contributed by atoms with Crippen molar-refractivity contribution in [1.82, 2.24) is 14.3 Å². The Bertz CT molecular complexity index is 1120. The summed E-state index contributed by atoms with van der Waals surface area (Å²) in [5, 5.41) is 6.17. The van der Waals surface area contributed by atoms with Gasteiger partial charge < -0.3 is 5.32 Å². The highest BCUT2D eigenvalue weighted by Gasteiger charge is 2.21. The van der Waals surface area contributed by atoms with Crippen LogP contribution in [-0.2, 0) is 6.54 Å². The van der Waals surface area contributed by atoms with Crippen LogP contribution in [0.2, 0.25) is 0 Å². The second-order valence-corrected chi connectivity index (χ2v) is 5.50. The number of anilines is 1. The third-order valence-corrected chi connectivity index (χ3v) is 3.77. The van der Waals surface area contributed by atoms with Crippen LogP contribution in [0.15, 0.2) is 58.1 Å². The molecule has 0 saturated heterocycles. The molecule has 1 amide bonds. The first kappa shape index (κ1) is 18.2. The summed E-state index contributed by atoms with van der Waals surface area (Å²) < 4.78 is 28.5. The summed E-state index contributed by atoms with van der Waals surface area (Å²) in [6.07, 6.45) is 0. The number of nitrogens with one attached hydrogen (secondary N) is 1. The van der Waals surface area contributed by atoms with Gasteiger partial charge in [0.25, 0.3) is 11.5 Å². The van der Waals surface area contributed by atoms with Crippen LogP contribution in [0.3, 0.4) is 0 Å². The van der Waals surface area contributed by atoms with Gasteiger partial charge in [0.1, 0.15) is 17.3 Å². The van der Waals surface area contributed by atoms with E-state index in [1.807, 2.05) is 0 Å². The third-order valence-electron chi connectivity index (χ3n) is 3.77. The number of halogens is 2. The zero-order valence-corrected chi connectivity index (χ0v) is 14.1. The zero-order chi connectivity index (χ0) is 19.6. The van der Waals surface area contributed by atoms with Crippen molar-refractivity contribution in [3.8, 4) is 5.69 Å². The Balaban J connectivity index is 2.12. The predicted octanol–water partition coefficient (Wildman–Crippen LogP) is 1.94. The summed E-state index contributed by atoms with van der Waals surface area (Å²) in [6, 6.07) is 10.2. The summed E-state index contributed by atoms with van der Waals surface area (Å²) in [6.45, 7) is 1.50. The van der Waals surface area contributed by atoms with E-state index in [4.69, 9.17) is 0 Å². The van der Waals surface area contributed by atoms with Gasteiger partial charge in [-0.05, 0) is 43.3 Å². The topological polar surface area (TPSA) is 86.0 Å². The van der Waals surface area contributed by atoms with Gasteiger partial charge in [0.15, 0.2) is 0 Å². The van der Waals surface area contributed by atoms with Crippen LogP contribution in [-0.4, -0.2) is 20.3 Å². The number of carbonyl (C=O) groups excluding carboxylic acids is 1. The molecule has 0 saturated carbocycles. The van der Waals surface area contributed by atoms with Crippen LogP contribution < -0.4 is 16.6 Å². The molecular weight excluding hydrogens is 358 g/mol. The highest BCUT2D eigenvalue weighted by Crippen LogP contribution is 2.11. The van der Waals surface area contributed by atoms with Crippen LogP contribution >= 0.6 is 0 Å². The van der Waals surface area contributed by atoms with E-state index in [1.165, 1.54) is 37.3 Å². The third kappa shape index (κ3) is 3.52. The van der Waals surface area contributed by atoms with Gasteiger partial charge in [0.2, 0.25) is 5.69 Å². The summed E-state index contributed by atoms with van der Waals surface area (Å²) in [5.41, 5.74) is -2.33. The van der Waals surface area contributed by atoms with Crippen molar-refractivity contribution in [1.29, 1.82) is 0 Å². The largest absolute Gasteiger partial charge is 0.352 e. The molecule has 3 aromatic rings. The van der Waals surface area contributed by atoms with E-state index in [-0.39, 0.29) is 17.9 Å². The van der Waals surface area contributed by atoms with Gasteiger partial charge in [-0.25, -0.2) is 13.6 Å². The van der Waals surface area contributed by atoms with Gasteiger partial charge in [-0.3, -0.25) is 14.2 Å². The van der Waals surface area contributed by atoms with Gasteiger partial charge in [-0.2, -0.15) is 9.78 Å². The number of para-hydroxylation sites is 1. The molecule has 27 heavy (non-hydrogen) atoms. The second kappa shape index (κ2) is 7.32. The molecule has 0 spiro atoms. The molecule has 0 atom stereocenters. The lowest BCUT2D eigenvalue weighted by molar-refractivity contribution is 0.101. The fourth-order valence-electron chi connectivity index (χ4n) is 2.44. The zero-order valence-electron chi connectivity index (χ0n) is 14.1. The van der Waals surface area contributed by atoms with Crippen molar-refractivity contribution in [3.05, 3.63) is 86.7 Å². The first-order valence-corrected chi connectivity index (χ1v) is 7.98. The monoisotopic (exact) mass is 372 g/mol. The van der Waals surface area contributed by atoms with E-state index < -0.39 is 34.5 Å². The van der Waals surface area contributed by atoms with E-state index in [9.17, 15) is 23.2 Å². The quantitative estimate of drug-likeness (QED) is 0.758. The van der Waals surface area contributed by atoms with E-state index >= 15 is 0 Å². The Morgan fingerprint density at radius 3 is 2.37 bits per heavy atom. The molecule has 0 unspecified atom stereocenters. The van der Waals surface area contributed by atoms with Crippen molar-refractivity contribution in [3.63, 3.8) is 0 Å². The molecule has 1 N–H and O–H groups in total. The Morgan fingerprint density at radius 1 is 1.07 bits per heavy atom. The molecule has 0 aliphatic rings. The summed E-state index contributed by atoms with van der Waals surface area (Å²) in [7, 11) is 0. The van der Waals surface area contributed by atoms with Gasteiger partial charge in [-0.15, -0.1) is 0 Å². The van der Waals surface area contributed by atoms with E-state index in [0.29, 0.717) is 4.68 Å². The standard InChI is InChI=1S/C18H14F2N4O3/c1-2-23-17(26)15(16(25)21-12-9-7-11(19)8-10-12)22-24(18(23)27)14-6-4-3-5-13(14)20/h3-10H,2H2,1H3,(H,21,25). The van der Waals surface area contributed by atoms with Gasteiger partial charge in [0, 0.05) is 12.2 Å². The van der Waals surface area contributed by atoms with Crippen molar-refractivity contribution >= 4 is 11.6 Å². The first-order chi connectivity index (χ1) is 12.9. The minimum Gasteiger partial charge on any atom is -0.320 e. The number of nitrogens with zero attached hydrogens (tertiary/aromatic N) is 3. The highest BCUT2D eigenvalue weighted by molar-refractivity contribution is 6.02. The van der Waals surface area contributed by atoms with Crippen LogP contribution in [0.5, 0.6) is 0 Å². The number of rotatable bonds is 4. The molecule has 7 nitrogen and oxygen atoms in total. The SMILES string of the molecule is CCn1c(=O)c(C(=O)Nc2ccc(F)cc2)nn(-c2ccccc2F)c1=O. The fourth-order valence-corrected chi connectivity index (χ4v) is 2.44. The van der Waals surface area contributed by atoms with E-state index in [1.54, 1.807) is 0 Å². The lowest BCUT2D eigenvalue weighted by Gasteiger charge is -2.11. The minimum absolute atomic E-state index is 0.0362. The maximum atomic E-state index is 14.1. The molecular formula is C18H14F2N4O3. The molecule has 9 heteroatoms. The lowest BCUT2D eigenvalue weighted by atomic mass is 10.3. The fraction of sp³-hybridized carbons (Fsp3) is 0.111. The number of carbonyl (C=O) groups is 1. The normalized spacial score (nSPS) is 10.6. The lowest BCUT2D eigenvalue weighted by Crippen LogP contribution is -2.44. The molecule has 138 valence electrons. The Labute approximate surface area is 151 Å². The second-order valence-electron chi connectivity index (χ2n) is 5.50. The molecule has 0 fully saturated rings. The molecule has 2 aromatic carbocycles. The van der Waals surface area contributed by atoms with Crippen LogP contribution in [0.4, 0.5) is 14.5 Å². The molecule has 0 aliphatic carbocycles. The number of amides is 1. The maximum absolute atomic E-state index is 14.1. The maximum Gasteiger partial charge on any atom is 0.352 e. The van der Waals surface area contributed by atoms with Crippen molar-refractivity contribution in [2.24, 2.45) is 0 Å². The van der Waals surface area contributed by atoms with Gasteiger partial charge >= 0.3 is 5.69 Å². The smallest absolute Gasteiger partial charge is 0.320 e. The van der Waals surface area contributed by atoms with E-state index in [0.717, 1.165) is 22.8 Å². The van der Waals surface area contributed by atoms with Crippen LogP contribution in [0, 0.1) is 11.6 Å². The molecule has 3 rings (SSSR count). The molecule has 0 aliphatic heterocycles. The van der Waals surface area contributed by atoms with Crippen molar-refractivity contribution in [2.75, 3.05) is 5.32 Å². The van der Waals surface area contributed by atoms with Gasteiger partial charge in [-0.1, -0.05) is 12.1 Å². The molecule has 1 aromatic heterocycles. The summed E-state index contributed by atoms with van der Waals surface area (Å²) >= 11 is 0. The number of hydrogen-bond acceptors (Lipinski definition) is 4. The molecule has 0 bridgehead atoms. The highest BCUT2D eigenvalue weighted by atomic mass is 19.1. The number of hydrogen-bond donors (Lipinski definition) is 1. The van der Waals surface area contributed by atoms with Gasteiger partial charge in [0.05, 0.1) is 0 Å². The molecule has 1 heterocycles. The van der Waals surface area contributed by atoms with Crippen LogP contribution in [0.25, 0.3) is 5.69 Å². The average molecular weight is 372 g/mol. The molecule has 0 radical (unpaired) electrons. The minimum atomic E-state index is -0.908. The average Bonchev–Trinajstić information content (AvgIpc) is 2.65. The van der Waals surface area contributed by atoms with Crippen molar-refractivity contribution < 1.29 is 13.6 Å². The van der Waals surface area contributed by atoms with E-state index in [2.05, 4.69) is 10.4 Å². The number of benzene rings is 2. The van der Waals surface area contributed by atoms with Crippen molar-refractivity contribution in [2.45, 2.75) is 13.5 Å². The predicted molar refractivity (Wildman–Crippen MR) is 94.1 cm³/mol. The number of aromatic nitrogens is 3. The Hall–Kier alpha value is -3.62. The van der Waals surface area contributed by atoms with Crippen LogP contribution in [0.1, 0.15) is 17.4 Å². The Morgan fingerprint density at radius 2 is 1.74 bits per heavy atom. The first-order valence-electron chi connectivity index (χ1n) is 7.98. The summed E-state index contributed by atoms with van der Waals surface area (Å²) in [5.74, 6) is -2.13. The summed E-state index contributed by atoms with van der Waals surface area (Å²) in [4.78, 5) is 37.4.